The van der Waals surface area contributed by atoms with Crippen LogP contribution in [0.5, 0.6) is 0 Å². The molecule has 0 aliphatic heterocycles. The fraction of sp³-hybridized carbons (Fsp3) is 0.393. The van der Waals surface area contributed by atoms with Crippen LogP contribution in [0.2, 0.25) is 0 Å². The largest absolute Gasteiger partial charge is 1.00 e. The van der Waals surface area contributed by atoms with Crippen molar-refractivity contribution in [2.45, 2.75) is 57.5 Å². The predicted octanol–water partition coefficient (Wildman–Crippen LogP) is 0.854. The van der Waals surface area contributed by atoms with Crippen LogP contribution in [-0.2, 0) is 26.3 Å². The van der Waals surface area contributed by atoms with Gasteiger partial charge in [-0.25, -0.2) is 9.13 Å². The number of halogens is 1. The molecule has 0 radical (unpaired) electrons. The molecule has 1 heterocycles. The molecule has 0 saturated heterocycles. The van der Waals surface area contributed by atoms with Gasteiger partial charge in [0.25, 0.3) is 5.82 Å². The van der Waals surface area contributed by atoms with E-state index >= 15 is 0 Å². The minimum atomic E-state index is -0.863. The lowest BCUT2D eigenvalue weighted by atomic mass is 9.64. The van der Waals surface area contributed by atoms with Gasteiger partial charge in [0.05, 0.1) is 13.2 Å². The Labute approximate surface area is 217 Å². The number of nitrogens with zero attached hydrogens (tertiary/aromatic N) is 2. The number of primary amides is 1. The van der Waals surface area contributed by atoms with E-state index in [1.165, 1.54) is 6.92 Å². The molecule has 1 saturated carbocycles. The molecule has 1 aliphatic rings. The van der Waals surface area contributed by atoms with E-state index < -0.39 is 5.41 Å². The van der Waals surface area contributed by atoms with Crippen molar-refractivity contribution < 1.29 is 35.9 Å². The van der Waals surface area contributed by atoms with Crippen molar-refractivity contribution in [3.8, 4) is 0 Å². The third kappa shape index (κ3) is 5.35. The van der Waals surface area contributed by atoms with Gasteiger partial charge in [-0.05, 0) is 36.3 Å². The fourth-order valence-corrected chi connectivity index (χ4v) is 5.72. The first-order valence-corrected chi connectivity index (χ1v) is 12.1. The molecule has 1 aromatic heterocycles. The summed E-state index contributed by atoms with van der Waals surface area (Å²) in [6.07, 6.45) is 7.77. The SMILES string of the molecule is CC(=O)OCCC[n+]1ccn([C@H]2CC[C@H](C(C(N)=O)(c3ccccc3)c3ccccc3)C2)c1C.[Br-]. The van der Waals surface area contributed by atoms with E-state index in [-0.39, 0.29) is 34.8 Å². The quantitative estimate of drug-likeness (QED) is 0.249. The summed E-state index contributed by atoms with van der Waals surface area (Å²) >= 11 is 0. The molecule has 3 aromatic rings. The summed E-state index contributed by atoms with van der Waals surface area (Å²) in [6, 6.07) is 20.3. The van der Waals surface area contributed by atoms with Crippen LogP contribution in [0, 0.1) is 12.8 Å². The molecule has 35 heavy (non-hydrogen) atoms. The summed E-state index contributed by atoms with van der Waals surface area (Å²) in [5, 5.41) is 0. The second kappa shape index (κ2) is 11.7. The van der Waals surface area contributed by atoms with Gasteiger partial charge in [-0.1, -0.05) is 60.7 Å². The highest BCUT2D eigenvalue weighted by atomic mass is 79.9. The number of esters is 1. The van der Waals surface area contributed by atoms with Crippen LogP contribution < -0.4 is 27.3 Å². The summed E-state index contributed by atoms with van der Waals surface area (Å²) in [5.41, 5.74) is 7.30. The zero-order valence-corrected chi connectivity index (χ0v) is 22.0. The Morgan fingerprint density at radius 2 is 1.66 bits per heavy atom. The molecular weight excluding hydrogens is 506 g/mol. The van der Waals surface area contributed by atoms with Crippen molar-refractivity contribution in [2.24, 2.45) is 11.7 Å². The van der Waals surface area contributed by atoms with Crippen molar-refractivity contribution in [2.75, 3.05) is 6.61 Å². The number of hydrogen-bond acceptors (Lipinski definition) is 3. The maximum atomic E-state index is 13.3. The Kier molecular flexibility index (Phi) is 8.89. The number of nitrogens with two attached hydrogens (primary N) is 1. The van der Waals surface area contributed by atoms with Crippen LogP contribution >= 0.6 is 0 Å². The summed E-state index contributed by atoms with van der Waals surface area (Å²) in [7, 11) is 0. The Morgan fingerprint density at radius 1 is 1.06 bits per heavy atom. The van der Waals surface area contributed by atoms with E-state index in [1.54, 1.807) is 0 Å². The number of aromatic nitrogens is 2. The monoisotopic (exact) mass is 539 g/mol. The van der Waals surface area contributed by atoms with Gasteiger partial charge >= 0.3 is 5.97 Å². The molecule has 0 bridgehead atoms. The molecule has 2 aromatic carbocycles. The number of benzene rings is 2. The number of carbonyl (C=O) groups excluding carboxylic acids is 2. The molecule has 0 unspecified atom stereocenters. The van der Waals surface area contributed by atoms with Gasteiger partial charge < -0.3 is 27.5 Å². The molecular formula is C28H34BrN3O3. The summed E-state index contributed by atoms with van der Waals surface area (Å²) < 4.78 is 9.59. The van der Waals surface area contributed by atoms with Crippen LogP contribution in [0.4, 0.5) is 0 Å². The zero-order chi connectivity index (χ0) is 24.1. The van der Waals surface area contributed by atoms with Crippen LogP contribution in [0.3, 0.4) is 0 Å². The first-order valence-electron chi connectivity index (χ1n) is 12.1. The summed E-state index contributed by atoms with van der Waals surface area (Å²) in [4.78, 5) is 24.3. The number of amides is 1. The standard InChI is InChI=1S/C28H33N3O3.BrH/c1-21-30(16-9-19-34-22(2)32)17-18-31(21)26-15-14-25(20-26)28(27(29)33,23-10-5-3-6-11-23)24-12-7-4-8-13-24;/h3-8,10-13,17-18,25-26H,9,14-16,19-20H2,1-2H3,(H-,29,33);1H/t25-,26-;/m0./s1. The van der Waals surface area contributed by atoms with Gasteiger partial charge in [0.15, 0.2) is 0 Å². The Bertz CT molecular complexity index is 1090. The van der Waals surface area contributed by atoms with Crippen LogP contribution in [0.15, 0.2) is 73.1 Å². The van der Waals surface area contributed by atoms with E-state index in [2.05, 4.69) is 28.5 Å². The van der Waals surface area contributed by atoms with E-state index in [9.17, 15) is 9.59 Å². The lowest BCUT2D eigenvalue weighted by Crippen LogP contribution is -3.00. The summed E-state index contributed by atoms with van der Waals surface area (Å²) in [6.45, 7) is 4.77. The van der Waals surface area contributed by atoms with Crippen molar-refractivity contribution in [3.05, 3.63) is 90.0 Å². The lowest BCUT2D eigenvalue weighted by Gasteiger charge is -2.37. The smallest absolute Gasteiger partial charge is 0.302 e. The lowest BCUT2D eigenvalue weighted by molar-refractivity contribution is -0.703. The average Bonchev–Trinajstić information content (AvgIpc) is 3.45. The van der Waals surface area contributed by atoms with Crippen LogP contribution in [0.1, 0.15) is 55.6 Å². The molecule has 2 atom stereocenters. The second-order valence-electron chi connectivity index (χ2n) is 9.21. The zero-order valence-electron chi connectivity index (χ0n) is 20.4. The fourth-order valence-electron chi connectivity index (χ4n) is 5.72. The number of imidazole rings is 1. The van der Waals surface area contributed by atoms with Gasteiger partial charge in [0.2, 0.25) is 5.91 Å². The molecule has 7 heteroatoms. The highest BCUT2D eigenvalue weighted by Crippen LogP contribution is 2.49. The van der Waals surface area contributed by atoms with Crippen molar-refractivity contribution >= 4 is 11.9 Å². The topological polar surface area (TPSA) is 78.2 Å². The van der Waals surface area contributed by atoms with Gasteiger partial charge in [-0.2, -0.15) is 0 Å². The molecule has 1 amide bonds. The predicted molar refractivity (Wildman–Crippen MR) is 130 cm³/mol. The minimum Gasteiger partial charge on any atom is -1.00 e. The number of rotatable bonds is 9. The maximum absolute atomic E-state index is 13.3. The van der Waals surface area contributed by atoms with Crippen molar-refractivity contribution in [1.29, 1.82) is 0 Å². The first kappa shape index (κ1) is 26.7. The molecule has 4 rings (SSSR count). The van der Waals surface area contributed by atoms with Gasteiger partial charge in [0, 0.05) is 20.3 Å². The van der Waals surface area contributed by atoms with Crippen molar-refractivity contribution in [3.63, 3.8) is 0 Å². The van der Waals surface area contributed by atoms with Crippen LogP contribution in [0.25, 0.3) is 0 Å². The number of carbonyl (C=O) groups is 2. The highest BCUT2D eigenvalue weighted by Gasteiger charge is 2.51. The normalized spacial score (nSPS) is 17.5. The third-order valence-corrected chi connectivity index (χ3v) is 7.30. The molecule has 2 N–H and O–H groups in total. The molecule has 186 valence electrons. The van der Waals surface area contributed by atoms with Crippen LogP contribution in [-0.4, -0.2) is 23.1 Å². The Morgan fingerprint density at radius 3 is 2.20 bits per heavy atom. The average molecular weight is 541 g/mol. The Hall–Kier alpha value is -2.93. The van der Waals surface area contributed by atoms with Gasteiger partial charge in [0.1, 0.15) is 23.9 Å². The molecule has 1 aliphatic carbocycles. The van der Waals surface area contributed by atoms with Gasteiger partial charge in [-0.3, -0.25) is 9.59 Å². The number of ether oxygens (including phenoxy) is 1. The van der Waals surface area contributed by atoms with Crippen molar-refractivity contribution in [1.82, 2.24) is 4.57 Å². The first-order chi connectivity index (χ1) is 16.4. The van der Waals surface area contributed by atoms with E-state index in [4.69, 9.17) is 10.5 Å². The highest BCUT2D eigenvalue weighted by molar-refractivity contribution is 5.91. The second-order valence-corrected chi connectivity index (χ2v) is 9.21. The van der Waals surface area contributed by atoms with E-state index in [0.29, 0.717) is 12.6 Å². The van der Waals surface area contributed by atoms with Gasteiger partial charge in [-0.15, -0.1) is 0 Å². The van der Waals surface area contributed by atoms with E-state index in [1.807, 2.05) is 60.7 Å². The van der Waals surface area contributed by atoms with E-state index in [0.717, 1.165) is 49.2 Å². The number of aryl methyl sites for hydroxylation is 1. The number of hydrogen-bond donors (Lipinski definition) is 1. The summed E-state index contributed by atoms with van der Waals surface area (Å²) in [5.74, 6) is 0.725. The molecule has 1 fully saturated rings. The maximum Gasteiger partial charge on any atom is 0.302 e. The minimum absolute atomic E-state index is 0. The Balaban J connectivity index is 0.00000342. The molecule has 0 spiro atoms. The molecule has 6 nitrogen and oxygen atoms in total. The third-order valence-electron chi connectivity index (χ3n) is 7.30.